The molecule has 244 valence electrons. The Balaban J connectivity index is 1.86. The van der Waals surface area contributed by atoms with Crippen LogP contribution in [0.15, 0.2) is 40.1 Å². The fourth-order valence-electron chi connectivity index (χ4n) is 6.25. The zero-order valence-electron chi connectivity index (χ0n) is 27.2. The molecular formula is C30H46N2O9SSi2. The molecule has 4 rings (SSSR count). The van der Waals surface area contributed by atoms with E-state index < -0.39 is 51.9 Å². The molecule has 14 heteroatoms. The van der Waals surface area contributed by atoms with E-state index in [2.05, 4.69) is 60.4 Å². The number of ether oxygens (including phenoxy) is 3. The number of aromatic nitrogens is 2. The zero-order valence-corrected chi connectivity index (χ0v) is 30.1. The summed E-state index contributed by atoms with van der Waals surface area (Å²) in [4.78, 5) is 41.2. The molecule has 2 fully saturated rings. The second-order valence-electron chi connectivity index (χ2n) is 12.6. The molecule has 1 N–H and O–H groups in total. The molecule has 44 heavy (non-hydrogen) atoms. The average Bonchev–Trinajstić information content (AvgIpc) is 3.27. The molecule has 0 spiro atoms. The molecule has 0 bridgehead atoms. The first kappa shape index (κ1) is 34.5. The van der Waals surface area contributed by atoms with Gasteiger partial charge in [0.15, 0.2) is 6.10 Å². The minimum atomic E-state index is -3.08. The number of carbonyl (C=O) groups excluding carboxylic acids is 1. The van der Waals surface area contributed by atoms with E-state index in [1.54, 1.807) is 18.2 Å². The Kier molecular flexibility index (Phi) is 10.6. The van der Waals surface area contributed by atoms with Crippen LogP contribution < -0.4 is 20.7 Å². The summed E-state index contributed by atoms with van der Waals surface area (Å²) in [6.45, 7) is 17.4. The number of carbonyl (C=O) groups is 1. The van der Waals surface area contributed by atoms with E-state index in [0.29, 0.717) is 12.4 Å². The van der Waals surface area contributed by atoms with Crippen molar-refractivity contribution in [2.45, 2.75) is 100 Å². The lowest BCUT2D eigenvalue weighted by Gasteiger charge is -2.51. The minimum Gasteiger partial charge on any atom is -0.497 e. The van der Waals surface area contributed by atoms with E-state index >= 15 is 0 Å². The molecule has 11 nitrogen and oxygen atoms in total. The number of hydrogen-bond donors (Lipinski definition) is 1. The summed E-state index contributed by atoms with van der Waals surface area (Å²) in [5.41, 5.74) is -0.497. The predicted molar refractivity (Wildman–Crippen MR) is 174 cm³/mol. The molecule has 1 aromatic heterocycles. The molecule has 0 unspecified atom stereocenters. The van der Waals surface area contributed by atoms with Crippen LogP contribution in [0.2, 0.25) is 22.2 Å². The lowest BCUT2D eigenvalue weighted by atomic mass is 10.1. The van der Waals surface area contributed by atoms with Crippen LogP contribution in [0, 0.1) is 0 Å². The Morgan fingerprint density at radius 3 is 2.14 bits per heavy atom. The summed E-state index contributed by atoms with van der Waals surface area (Å²) in [5.74, 6) is 0.176. The van der Waals surface area contributed by atoms with Gasteiger partial charge in [-0.05, 0) is 34.3 Å². The van der Waals surface area contributed by atoms with E-state index in [1.165, 1.54) is 42.8 Å². The normalized spacial score (nSPS) is 24.7. The van der Waals surface area contributed by atoms with Crippen molar-refractivity contribution in [1.29, 1.82) is 0 Å². The number of aromatic amines is 1. The maximum atomic E-state index is 13.8. The van der Waals surface area contributed by atoms with Crippen molar-refractivity contribution in [3.63, 3.8) is 0 Å². The van der Waals surface area contributed by atoms with E-state index in [4.69, 9.17) is 27.2 Å². The molecule has 0 aliphatic carbocycles. The first-order valence-corrected chi connectivity index (χ1v) is 20.0. The van der Waals surface area contributed by atoms with Crippen molar-refractivity contribution in [2.24, 2.45) is 0 Å². The Labute approximate surface area is 265 Å². The molecule has 0 radical (unpaired) electrons. The number of hydrogen-bond acceptors (Lipinski definition) is 10. The molecule has 1 aromatic carbocycles. The fraction of sp³-hybridized carbons (Fsp3) is 0.633. The highest BCUT2D eigenvalue weighted by atomic mass is 32.2. The third-order valence-corrected chi connectivity index (χ3v) is 20.4. The van der Waals surface area contributed by atoms with Gasteiger partial charge in [-0.2, -0.15) is 0 Å². The second kappa shape index (κ2) is 13.6. The van der Waals surface area contributed by atoms with Crippen molar-refractivity contribution in [2.75, 3.05) is 20.8 Å². The van der Waals surface area contributed by atoms with Crippen molar-refractivity contribution in [3.05, 3.63) is 56.9 Å². The van der Waals surface area contributed by atoms with E-state index in [9.17, 15) is 14.4 Å². The summed E-state index contributed by atoms with van der Waals surface area (Å²) in [5, 5.41) is -0.989. The topological polar surface area (TPSA) is 127 Å². The molecule has 2 aliphatic heterocycles. The number of nitrogens with zero attached hydrogens (tertiary/aromatic N) is 1. The van der Waals surface area contributed by atoms with Gasteiger partial charge in [0.2, 0.25) is 0 Å². The molecule has 3 heterocycles. The third-order valence-electron chi connectivity index (χ3n) is 8.61. The summed E-state index contributed by atoms with van der Waals surface area (Å²) in [6, 6.07) is 6.13. The number of H-pyrrole nitrogens is 1. The van der Waals surface area contributed by atoms with E-state index in [1.807, 2.05) is 0 Å². The highest BCUT2D eigenvalue weighted by Gasteiger charge is 2.62. The highest BCUT2D eigenvalue weighted by molar-refractivity contribution is 8.00. The molecule has 0 saturated carbocycles. The Morgan fingerprint density at radius 2 is 1.59 bits per heavy atom. The lowest BCUT2D eigenvalue weighted by Crippen LogP contribution is -2.65. The molecule has 2 aliphatic rings. The third kappa shape index (κ3) is 6.33. The maximum Gasteiger partial charge on any atom is 0.342 e. The van der Waals surface area contributed by atoms with Crippen LogP contribution in [0.3, 0.4) is 0 Å². The summed E-state index contributed by atoms with van der Waals surface area (Å²) >= 11 is 1.45. The SMILES string of the molecule is COc1ccc(C(=O)O[C@@H]2[C@@H]3O[Si](C(C)C)(C(C)C)O[Si](C(C)C)(C(C)C)OC[C@H]3S[C@H]2n2ccc(=O)[nH]c2=O)c(OC)c1. The van der Waals surface area contributed by atoms with Crippen LogP contribution in [-0.4, -0.2) is 70.9 Å². The lowest BCUT2D eigenvalue weighted by molar-refractivity contribution is -0.0329. The highest BCUT2D eigenvalue weighted by Crippen LogP contribution is 2.52. The van der Waals surface area contributed by atoms with Crippen molar-refractivity contribution in [3.8, 4) is 11.5 Å². The van der Waals surface area contributed by atoms with Crippen molar-refractivity contribution >= 4 is 34.9 Å². The van der Waals surface area contributed by atoms with Gasteiger partial charge in [-0.15, -0.1) is 11.8 Å². The van der Waals surface area contributed by atoms with Gasteiger partial charge in [0, 0.05) is 18.3 Å². The van der Waals surface area contributed by atoms with Crippen LogP contribution in [-0.2, 0) is 17.7 Å². The number of methoxy groups -OCH3 is 2. The first-order chi connectivity index (χ1) is 20.7. The average molecular weight is 667 g/mol. The van der Waals surface area contributed by atoms with Gasteiger partial charge < -0.3 is 27.2 Å². The van der Waals surface area contributed by atoms with Crippen molar-refractivity contribution < 1.29 is 32.0 Å². The van der Waals surface area contributed by atoms with E-state index in [0.717, 1.165) is 0 Å². The summed E-state index contributed by atoms with van der Waals surface area (Å²) in [7, 11) is -2.90. The number of esters is 1. The van der Waals surface area contributed by atoms with Gasteiger partial charge in [-0.1, -0.05) is 55.4 Å². The Hall–Kier alpha value is -2.37. The number of benzene rings is 1. The zero-order chi connectivity index (χ0) is 32.6. The Bertz CT molecular complexity index is 1430. The van der Waals surface area contributed by atoms with Crippen LogP contribution in [0.25, 0.3) is 0 Å². The Morgan fingerprint density at radius 1 is 0.955 bits per heavy atom. The van der Waals surface area contributed by atoms with Gasteiger partial charge in [-0.25, -0.2) is 9.59 Å². The monoisotopic (exact) mass is 666 g/mol. The van der Waals surface area contributed by atoms with Crippen LogP contribution in [0.4, 0.5) is 0 Å². The summed E-state index contributed by atoms with van der Waals surface area (Å²) in [6.07, 6.45) is -0.141. The minimum absolute atomic E-state index is 0.0483. The first-order valence-electron chi connectivity index (χ1n) is 15.1. The van der Waals surface area contributed by atoms with Gasteiger partial charge >= 0.3 is 28.8 Å². The molecule has 4 atom stereocenters. The summed E-state index contributed by atoms with van der Waals surface area (Å²) < 4.78 is 40.0. The fourth-order valence-corrected chi connectivity index (χ4v) is 19.2. The quantitative estimate of drug-likeness (QED) is 0.276. The number of rotatable bonds is 9. The van der Waals surface area contributed by atoms with Gasteiger partial charge in [0.25, 0.3) is 5.56 Å². The van der Waals surface area contributed by atoms with Crippen LogP contribution in [0.1, 0.15) is 71.1 Å². The number of nitrogens with one attached hydrogen (secondary N) is 1. The molecular weight excluding hydrogens is 621 g/mol. The predicted octanol–water partition coefficient (Wildman–Crippen LogP) is 5.35. The standard InChI is InChI=1S/C30H46N2O9SSi2/c1-17(2)43(18(3)4)38-16-24-26(40-44(41-43,19(5)6)20(7)8)27(28(42-24)32-14-13-25(33)31-30(32)35)39-29(34)22-12-11-21(36-9)15-23(22)37-10/h11-15,17-20,24,26-28H,16H2,1-10H3,(H,31,33,35)/t24-,26-,27-,28-/m1/s1. The van der Waals surface area contributed by atoms with Gasteiger partial charge in [0.1, 0.15) is 28.5 Å². The van der Waals surface area contributed by atoms with Gasteiger partial charge in [0.05, 0.1) is 26.1 Å². The van der Waals surface area contributed by atoms with Crippen LogP contribution >= 0.6 is 11.8 Å². The smallest absolute Gasteiger partial charge is 0.342 e. The number of fused-ring (bicyclic) bond motifs is 1. The van der Waals surface area contributed by atoms with Gasteiger partial charge in [-0.3, -0.25) is 14.3 Å². The largest absolute Gasteiger partial charge is 0.497 e. The molecule has 2 aromatic rings. The molecule has 0 amide bonds. The van der Waals surface area contributed by atoms with E-state index in [-0.39, 0.29) is 38.7 Å². The number of thioether (sulfide) groups is 1. The molecule has 2 saturated heterocycles. The second-order valence-corrected chi connectivity index (χ2v) is 22.8. The van der Waals surface area contributed by atoms with Crippen LogP contribution in [0.5, 0.6) is 11.5 Å². The maximum absolute atomic E-state index is 13.8. The van der Waals surface area contributed by atoms with Crippen molar-refractivity contribution in [1.82, 2.24) is 9.55 Å².